The maximum absolute atomic E-state index is 10.6. The van der Waals surface area contributed by atoms with Crippen LogP contribution in [0.5, 0.6) is 5.75 Å². The van der Waals surface area contributed by atoms with Gasteiger partial charge >= 0.3 is 5.97 Å². The van der Waals surface area contributed by atoms with E-state index in [1.54, 1.807) is 0 Å². The molecule has 0 fully saturated rings. The van der Waals surface area contributed by atoms with Crippen molar-refractivity contribution in [2.45, 2.75) is 25.7 Å². The summed E-state index contributed by atoms with van der Waals surface area (Å²) in [5.74, 6) is 0.104. The zero-order valence-electron chi connectivity index (χ0n) is 15.3. The lowest BCUT2D eigenvalue weighted by molar-refractivity contribution is -0.137. The molecule has 3 heteroatoms. The van der Waals surface area contributed by atoms with Crippen LogP contribution in [0.15, 0.2) is 78.9 Å². The van der Waals surface area contributed by atoms with Crippen molar-refractivity contribution in [3.05, 3.63) is 78.9 Å². The summed E-state index contributed by atoms with van der Waals surface area (Å²) in [6.07, 6.45) is 2.62. The quantitative estimate of drug-likeness (QED) is 0.473. The highest BCUT2D eigenvalue weighted by atomic mass is 16.5. The van der Waals surface area contributed by atoms with Crippen molar-refractivity contribution in [2.75, 3.05) is 6.61 Å². The first-order chi connectivity index (χ1) is 13.2. The van der Waals surface area contributed by atoms with Gasteiger partial charge in [-0.2, -0.15) is 0 Å². The SMILES string of the molecule is O=C(O)CCCCCOc1cc(-c2ccccc2)cc(-c2ccccc2)c1. The second kappa shape index (κ2) is 9.58. The number of carbonyl (C=O) groups is 1. The number of unbranched alkanes of at least 4 members (excludes halogenated alkanes) is 2. The normalized spacial score (nSPS) is 10.5. The molecule has 0 aliphatic heterocycles. The highest BCUT2D eigenvalue weighted by molar-refractivity contribution is 5.75. The number of carboxylic acids is 1. The van der Waals surface area contributed by atoms with Crippen LogP contribution in [-0.4, -0.2) is 17.7 Å². The van der Waals surface area contributed by atoms with Gasteiger partial charge in [-0.3, -0.25) is 4.79 Å². The summed E-state index contributed by atoms with van der Waals surface area (Å²) in [5, 5.41) is 8.69. The number of ether oxygens (including phenoxy) is 1. The number of hydrogen-bond donors (Lipinski definition) is 1. The minimum atomic E-state index is -0.737. The predicted octanol–water partition coefficient (Wildman–Crippen LogP) is 6.04. The fourth-order valence-electron chi connectivity index (χ4n) is 3.02. The van der Waals surface area contributed by atoms with Crippen LogP contribution in [0.1, 0.15) is 25.7 Å². The number of carboxylic acid groups (broad SMARTS) is 1. The molecule has 0 heterocycles. The molecule has 3 aromatic rings. The van der Waals surface area contributed by atoms with Gasteiger partial charge < -0.3 is 9.84 Å². The van der Waals surface area contributed by atoms with Gasteiger partial charge in [0.2, 0.25) is 0 Å². The van der Waals surface area contributed by atoms with E-state index in [9.17, 15) is 4.79 Å². The van der Waals surface area contributed by atoms with Crippen molar-refractivity contribution in [1.29, 1.82) is 0 Å². The predicted molar refractivity (Wildman–Crippen MR) is 109 cm³/mol. The fourth-order valence-corrected chi connectivity index (χ4v) is 3.02. The smallest absolute Gasteiger partial charge is 0.303 e. The molecule has 27 heavy (non-hydrogen) atoms. The Morgan fingerprint density at radius 2 is 1.26 bits per heavy atom. The van der Waals surface area contributed by atoms with E-state index >= 15 is 0 Å². The topological polar surface area (TPSA) is 46.5 Å². The summed E-state index contributed by atoms with van der Waals surface area (Å²) in [4.78, 5) is 10.6. The molecule has 0 saturated heterocycles. The summed E-state index contributed by atoms with van der Waals surface area (Å²) in [6.45, 7) is 0.589. The number of rotatable bonds is 9. The molecule has 138 valence electrons. The fraction of sp³-hybridized carbons (Fsp3) is 0.208. The van der Waals surface area contributed by atoms with E-state index in [4.69, 9.17) is 9.84 Å². The Kier molecular flexibility index (Phi) is 6.64. The Bertz CT molecular complexity index is 800. The lowest BCUT2D eigenvalue weighted by Gasteiger charge is -2.12. The van der Waals surface area contributed by atoms with E-state index in [2.05, 4.69) is 42.5 Å². The molecule has 3 aromatic carbocycles. The highest BCUT2D eigenvalue weighted by Gasteiger charge is 2.06. The summed E-state index contributed by atoms with van der Waals surface area (Å²) < 4.78 is 5.99. The third-order valence-corrected chi connectivity index (χ3v) is 4.42. The first-order valence-corrected chi connectivity index (χ1v) is 9.33. The molecule has 0 aromatic heterocycles. The van der Waals surface area contributed by atoms with Gasteiger partial charge in [0.1, 0.15) is 5.75 Å². The minimum Gasteiger partial charge on any atom is -0.494 e. The number of benzene rings is 3. The summed E-state index contributed by atoms with van der Waals surface area (Å²) in [6, 6.07) is 26.9. The van der Waals surface area contributed by atoms with Crippen molar-refractivity contribution in [2.24, 2.45) is 0 Å². The average Bonchev–Trinajstić information content (AvgIpc) is 2.71. The van der Waals surface area contributed by atoms with Gasteiger partial charge in [0, 0.05) is 6.42 Å². The highest BCUT2D eigenvalue weighted by Crippen LogP contribution is 2.31. The molecule has 0 saturated carbocycles. The molecule has 0 aliphatic carbocycles. The van der Waals surface area contributed by atoms with Gasteiger partial charge in [0.05, 0.1) is 6.61 Å². The molecule has 0 unspecified atom stereocenters. The zero-order valence-corrected chi connectivity index (χ0v) is 15.3. The second-order valence-electron chi connectivity index (χ2n) is 6.53. The number of hydrogen-bond acceptors (Lipinski definition) is 2. The molecule has 3 nitrogen and oxygen atoms in total. The van der Waals surface area contributed by atoms with Crippen LogP contribution in [0.2, 0.25) is 0 Å². The van der Waals surface area contributed by atoms with Crippen LogP contribution in [0.3, 0.4) is 0 Å². The first kappa shape index (κ1) is 18.7. The van der Waals surface area contributed by atoms with Gasteiger partial charge in [-0.05, 0) is 59.7 Å². The monoisotopic (exact) mass is 360 g/mol. The molecule has 0 spiro atoms. The van der Waals surface area contributed by atoms with Gasteiger partial charge in [0.25, 0.3) is 0 Å². The van der Waals surface area contributed by atoms with Crippen LogP contribution in [0.25, 0.3) is 22.3 Å². The largest absolute Gasteiger partial charge is 0.494 e. The van der Waals surface area contributed by atoms with Crippen LogP contribution < -0.4 is 4.74 Å². The zero-order chi connectivity index (χ0) is 18.9. The minimum absolute atomic E-state index is 0.224. The van der Waals surface area contributed by atoms with Gasteiger partial charge in [0.15, 0.2) is 0 Å². The van der Waals surface area contributed by atoms with Crippen LogP contribution in [0, 0.1) is 0 Å². The summed E-state index contributed by atoms with van der Waals surface area (Å²) in [7, 11) is 0. The lowest BCUT2D eigenvalue weighted by Crippen LogP contribution is -1.99. The second-order valence-corrected chi connectivity index (χ2v) is 6.53. The Morgan fingerprint density at radius 1 is 0.704 bits per heavy atom. The Morgan fingerprint density at radius 3 is 1.78 bits per heavy atom. The molecule has 3 rings (SSSR count). The van der Waals surface area contributed by atoms with Crippen molar-refractivity contribution in [3.8, 4) is 28.0 Å². The van der Waals surface area contributed by atoms with Crippen LogP contribution in [0.4, 0.5) is 0 Å². The molecular weight excluding hydrogens is 336 g/mol. The van der Waals surface area contributed by atoms with E-state index in [0.717, 1.165) is 40.8 Å². The van der Waals surface area contributed by atoms with E-state index in [1.807, 2.05) is 36.4 Å². The maximum atomic E-state index is 10.6. The van der Waals surface area contributed by atoms with Crippen molar-refractivity contribution in [1.82, 2.24) is 0 Å². The molecule has 1 N–H and O–H groups in total. The average molecular weight is 360 g/mol. The van der Waals surface area contributed by atoms with E-state index in [1.165, 1.54) is 0 Å². The van der Waals surface area contributed by atoms with E-state index < -0.39 is 5.97 Å². The Hall–Kier alpha value is -3.07. The van der Waals surface area contributed by atoms with E-state index in [0.29, 0.717) is 13.0 Å². The van der Waals surface area contributed by atoms with Gasteiger partial charge in [-0.25, -0.2) is 0 Å². The summed E-state index contributed by atoms with van der Waals surface area (Å²) in [5.41, 5.74) is 4.55. The molecule has 0 radical (unpaired) electrons. The number of aliphatic carboxylic acids is 1. The van der Waals surface area contributed by atoms with Crippen molar-refractivity contribution < 1.29 is 14.6 Å². The maximum Gasteiger partial charge on any atom is 0.303 e. The van der Waals surface area contributed by atoms with Crippen LogP contribution in [-0.2, 0) is 4.79 Å². The molecule has 0 aliphatic rings. The Labute approximate surface area is 160 Å². The first-order valence-electron chi connectivity index (χ1n) is 9.33. The molecule has 0 bridgehead atoms. The Balaban J connectivity index is 1.75. The van der Waals surface area contributed by atoms with Gasteiger partial charge in [-0.15, -0.1) is 0 Å². The molecular formula is C24H24O3. The summed E-state index contributed by atoms with van der Waals surface area (Å²) >= 11 is 0. The molecule has 0 atom stereocenters. The molecule has 0 amide bonds. The van der Waals surface area contributed by atoms with Crippen LogP contribution >= 0.6 is 0 Å². The standard InChI is InChI=1S/C24H24O3/c25-24(26)14-8-3-9-15-27-23-17-21(19-10-4-1-5-11-19)16-22(18-23)20-12-6-2-7-13-20/h1-2,4-7,10-13,16-18H,3,8-9,14-15H2,(H,25,26). The third kappa shape index (κ3) is 5.71. The van der Waals surface area contributed by atoms with Gasteiger partial charge in [-0.1, -0.05) is 60.7 Å². The van der Waals surface area contributed by atoms with E-state index in [-0.39, 0.29) is 6.42 Å². The third-order valence-electron chi connectivity index (χ3n) is 4.42. The van der Waals surface area contributed by atoms with Crippen molar-refractivity contribution >= 4 is 5.97 Å². The lowest BCUT2D eigenvalue weighted by atomic mass is 9.98. The van der Waals surface area contributed by atoms with Crippen molar-refractivity contribution in [3.63, 3.8) is 0 Å².